The van der Waals surface area contributed by atoms with Crippen LogP contribution in [0.5, 0.6) is 0 Å². The van der Waals surface area contributed by atoms with Crippen LogP contribution in [0.1, 0.15) is 36.5 Å². The van der Waals surface area contributed by atoms with Gasteiger partial charge in [-0.1, -0.05) is 42.6 Å². The second kappa shape index (κ2) is 7.39. The van der Waals surface area contributed by atoms with Gasteiger partial charge in [0.15, 0.2) is 5.78 Å². The van der Waals surface area contributed by atoms with E-state index in [0.717, 1.165) is 12.8 Å². The first kappa shape index (κ1) is 15.0. The Labute approximate surface area is 116 Å². The lowest BCUT2D eigenvalue weighted by Crippen LogP contribution is -2.14. The average Bonchev–Trinajstić information content (AvgIpc) is 2.33. The maximum Gasteiger partial charge on any atom is 0.341 e. The minimum absolute atomic E-state index is 0.101. The summed E-state index contributed by atoms with van der Waals surface area (Å²) in [7, 11) is 0. The molecule has 0 unspecified atom stereocenters. The Balaban J connectivity index is 2.58. The standard InChI is InChI=1S/C13H14Cl2O3/c1-2-3-5-9(16)8-18-13(17)12-10(14)6-4-7-11(12)15/h4,6-7H,2-3,5,8H2,1H3. The summed E-state index contributed by atoms with van der Waals surface area (Å²) in [6.45, 7) is 1.75. The number of esters is 1. The van der Waals surface area contributed by atoms with Gasteiger partial charge in [0, 0.05) is 6.42 Å². The van der Waals surface area contributed by atoms with Crippen LogP contribution < -0.4 is 0 Å². The molecular weight excluding hydrogens is 275 g/mol. The molecule has 5 heteroatoms. The predicted octanol–water partition coefficient (Wildman–Crippen LogP) is 3.91. The van der Waals surface area contributed by atoms with E-state index >= 15 is 0 Å². The summed E-state index contributed by atoms with van der Waals surface area (Å²) in [5.41, 5.74) is 0.101. The first-order valence-corrected chi connectivity index (χ1v) is 6.44. The normalized spacial score (nSPS) is 10.2. The highest BCUT2D eigenvalue weighted by Gasteiger charge is 2.16. The number of carbonyl (C=O) groups is 2. The third-order valence-electron chi connectivity index (χ3n) is 2.34. The van der Waals surface area contributed by atoms with Crippen molar-refractivity contribution in [1.29, 1.82) is 0 Å². The Hall–Kier alpha value is -1.06. The van der Waals surface area contributed by atoms with E-state index in [0.29, 0.717) is 6.42 Å². The Bertz CT molecular complexity index is 424. The van der Waals surface area contributed by atoms with Gasteiger partial charge in [-0.2, -0.15) is 0 Å². The van der Waals surface area contributed by atoms with E-state index < -0.39 is 5.97 Å². The summed E-state index contributed by atoms with van der Waals surface area (Å²) < 4.78 is 4.89. The van der Waals surface area contributed by atoms with Gasteiger partial charge < -0.3 is 4.74 Å². The fraction of sp³-hybridized carbons (Fsp3) is 0.385. The second-order valence-corrected chi connectivity index (χ2v) is 4.63. The van der Waals surface area contributed by atoms with Gasteiger partial charge in [-0.05, 0) is 18.6 Å². The molecule has 18 heavy (non-hydrogen) atoms. The predicted molar refractivity (Wildman–Crippen MR) is 71.3 cm³/mol. The smallest absolute Gasteiger partial charge is 0.341 e. The fourth-order valence-electron chi connectivity index (χ4n) is 1.36. The minimum atomic E-state index is -0.671. The molecule has 98 valence electrons. The van der Waals surface area contributed by atoms with Crippen molar-refractivity contribution in [3.05, 3.63) is 33.8 Å². The van der Waals surface area contributed by atoms with Crippen molar-refractivity contribution in [3.63, 3.8) is 0 Å². The van der Waals surface area contributed by atoms with Crippen LogP contribution in [0.2, 0.25) is 10.0 Å². The molecule has 0 aliphatic carbocycles. The van der Waals surface area contributed by atoms with Crippen molar-refractivity contribution in [1.82, 2.24) is 0 Å². The van der Waals surface area contributed by atoms with Crippen LogP contribution >= 0.6 is 23.2 Å². The molecule has 3 nitrogen and oxygen atoms in total. The first-order valence-electron chi connectivity index (χ1n) is 5.69. The summed E-state index contributed by atoms with van der Waals surface area (Å²) in [5, 5.41) is 0.432. The van der Waals surface area contributed by atoms with Crippen LogP contribution in [0.25, 0.3) is 0 Å². The second-order valence-electron chi connectivity index (χ2n) is 3.82. The quantitative estimate of drug-likeness (QED) is 0.746. The monoisotopic (exact) mass is 288 g/mol. The molecule has 0 fully saturated rings. The zero-order valence-corrected chi connectivity index (χ0v) is 11.6. The highest BCUT2D eigenvalue weighted by Crippen LogP contribution is 2.24. The number of unbranched alkanes of at least 4 members (excludes halogenated alkanes) is 1. The van der Waals surface area contributed by atoms with Crippen molar-refractivity contribution < 1.29 is 14.3 Å². The van der Waals surface area contributed by atoms with Crippen LogP contribution in [-0.2, 0) is 9.53 Å². The van der Waals surface area contributed by atoms with E-state index in [1.54, 1.807) is 18.2 Å². The maximum absolute atomic E-state index is 11.7. The van der Waals surface area contributed by atoms with Crippen molar-refractivity contribution in [2.24, 2.45) is 0 Å². The molecule has 0 amide bonds. The lowest BCUT2D eigenvalue weighted by molar-refractivity contribution is -0.122. The van der Waals surface area contributed by atoms with Gasteiger partial charge in [0.2, 0.25) is 0 Å². The molecule has 0 spiro atoms. The van der Waals surface area contributed by atoms with Crippen molar-refractivity contribution in [3.8, 4) is 0 Å². The highest BCUT2D eigenvalue weighted by molar-refractivity contribution is 6.39. The molecule has 1 aromatic carbocycles. The van der Waals surface area contributed by atoms with Crippen molar-refractivity contribution in [2.75, 3.05) is 6.61 Å². The lowest BCUT2D eigenvalue weighted by atomic mass is 10.2. The number of ketones is 1. The van der Waals surface area contributed by atoms with Gasteiger partial charge >= 0.3 is 5.97 Å². The Morgan fingerprint density at radius 2 is 1.83 bits per heavy atom. The third kappa shape index (κ3) is 4.31. The summed E-state index contributed by atoms with van der Waals surface area (Å²) in [6.07, 6.45) is 2.14. The SMILES string of the molecule is CCCCC(=O)COC(=O)c1c(Cl)cccc1Cl. The van der Waals surface area contributed by atoms with E-state index in [1.165, 1.54) is 0 Å². The topological polar surface area (TPSA) is 43.4 Å². The van der Waals surface area contributed by atoms with Crippen LogP contribution in [-0.4, -0.2) is 18.4 Å². The van der Waals surface area contributed by atoms with Gasteiger partial charge in [0.25, 0.3) is 0 Å². The summed E-state index contributed by atoms with van der Waals surface area (Å²) in [6, 6.07) is 4.72. The van der Waals surface area contributed by atoms with Crippen LogP contribution in [0.15, 0.2) is 18.2 Å². The molecule has 0 saturated carbocycles. The van der Waals surface area contributed by atoms with Gasteiger partial charge in [-0.15, -0.1) is 0 Å². The number of rotatable bonds is 6. The number of ether oxygens (including phenoxy) is 1. The molecule has 1 aromatic rings. The van der Waals surface area contributed by atoms with Crippen LogP contribution in [0.4, 0.5) is 0 Å². The van der Waals surface area contributed by atoms with Gasteiger partial charge in [-0.3, -0.25) is 4.79 Å². The lowest BCUT2D eigenvalue weighted by Gasteiger charge is -2.07. The zero-order valence-electron chi connectivity index (χ0n) is 10.0. The van der Waals surface area contributed by atoms with Gasteiger partial charge in [0.1, 0.15) is 6.61 Å². The number of halogens is 2. The van der Waals surface area contributed by atoms with Crippen LogP contribution in [0.3, 0.4) is 0 Å². The minimum Gasteiger partial charge on any atom is -0.454 e. The molecular formula is C13H14Cl2O3. The van der Waals surface area contributed by atoms with E-state index in [1.807, 2.05) is 6.92 Å². The van der Waals surface area contributed by atoms with E-state index in [-0.39, 0.29) is 28.0 Å². The summed E-state index contributed by atoms with van der Waals surface area (Å²) in [4.78, 5) is 23.1. The summed E-state index contributed by atoms with van der Waals surface area (Å²) >= 11 is 11.7. The highest BCUT2D eigenvalue weighted by atomic mass is 35.5. The number of carbonyl (C=O) groups excluding carboxylic acids is 2. The number of Topliss-reactive ketones (excluding diaryl/α,β-unsaturated/α-hetero) is 1. The number of benzene rings is 1. The molecule has 0 saturated heterocycles. The van der Waals surface area contributed by atoms with E-state index in [2.05, 4.69) is 0 Å². The first-order chi connectivity index (χ1) is 8.56. The molecule has 0 atom stereocenters. The van der Waals surface area contributed by atoms with E-state index in [9.17, 15) is 9.59 Å². The Kier molecular flexibility index (Phi) is 6.16. The van der Waals surface area contributed by atoms with Gasteiger partial charge in [0.05, 0.1) is 15.6 Å². The molecule has 0 heterocycles. The molecule has 0 aromatic heterocycles. The largest absolute Gasteiger partial charge is 0.454 e. The maximum atomic E-state index is 11.7. The van der Waals surface area contributed by atoms with Crippen molar-refractivity contribution >= 4 is 35.0 Å². The molecule has 0 aliphatic rings. The number of hydrogen-bond acceptors (Lipinski definition) is 3. The van der Waals surface area contributed by atoms with E-state index in [4.69, 9.17) is 27.9 Å². The average molecular weight is 289 g/mol. The third-order valence-corrected chi connectivity index (χ3v) is 2.97. The Morgan fingerprint density at radius 3 is 2.39 bits per heavy atom. The summed E-state index contributed by atoms with van der Waals surface area (Å²) in [5.74, 6) is -0.774. The molecule has 0 aliphatic heterocycles. The fourth-order valence-corrected chi connectivity index (χ4v) is 1.91. The molecule has 0 N–H and O–H groups in total. The van der Waals surface area contributed by atoms with Gasteiger partial charge in [-0.25, -0.2) is 4.79 Å². The van der Waals surface area contributed by atoms with Crippen LogP contribution in [0, 0.1) is 0 Å². The molecule has 1 rings (SSSR count). The number of hydrogen-bond donors (Lipinski definition) is 0. The molecule has 0 radical (unpaired) electrons. The molecule has 0 bridgehead atoms. The Morgan fingerprint density at radius 1 is 1.22 bits per heavy atom. The van der Waals surface area contributed by atoms with Crippen molar-refractivity contribution in [2.45, 2.75) is 26.2 Å². The zero-order chi connectivity index (χ0) is 13.5.